The number of nitrogens with zero attached hydrogens (tertiary/aromatic N) is 1. The second kappa shape index (κ2) is 10.4. The van der Waals surface area contributed by atoms with E-state index in [1.807, 2.05) is 0 Å². The molecule has 0 radical (unpaired) electrons. The SMILES string of the molecule is COCC(=O)NC1CCC(CCN2CC=C(c3cccc(C(F)(F)F)c3)CC2)CC1. The van der Waals surface area contributed by atoms with Gasteiger partial charge in [0, 0.05) is 26.2 Å². The highest BCUT2D eigenvalue weighted by molar-refractivity contribution is 5.77. The number of methoxy groups -OCH3 is 1. The third kappa shape index (κ3) is 6.57. The number of hydrogen-bond donors (Lipinski definition) is 1. The molecular formula is C23H31F3N2O2. The van der Waals surface area contributed by atoms with Gasteiger partial charge >= 0.3 is 6.18 Å². The van der Waals surface area contributed by atoms with Gasteiger partial charge in [-0.25, -0.2) is 0 Å². The lowest BCUT2D eigenvalue weighted by molar-refractivity contribution is -0.137. The Balaban J connectivity index is 1.41. The molecule has 0 saturated heterocycles. The molecule has 7 heteroatoms. The van der Waals surface area contributed by atoms with Gasteiger partial charge in [-0.2, -0.15) is 13.2 Å². The highest BCUT2D eigenvalue weighted by Gasteiger charge is 2.30. The maximum Gasteiger partial charge on any atom is 0.416 e. The average Bonchev–Trinajstić information content (AvgIpc) is 2.73. The minimum atomic E-state index is -4.30. The Bertz CT molecular complexity index is 740. The number of hydrogen-bond acceptors (Lipinski definition) is 3. The Morgan fingerprint density at radius 1 is 1.23 bits per heavy atom. The molecule has 1 N–H and O–H groups in total. The Kier molecular flexibility index (Phi) is 7.94. The topological polar surface area (TPSA) is 41.6 Å². The van der Waals surface area contributed by atoms with Crippen LogP contribution in [0.3, 0.4) is 0 Å². The van der Waals surface area contributed by atoms with Crippen molar-refractivity contribution < 1.29 is 22.7 Å². The maximum absolute atomic E-state index is 12.9. The monoisotopic (exact) mass is 424 g/mol. The van der Waals surface area contributed by atoms with Gasteiger partial charge in [-0.1, -0.05) is 18.2 Å². The Hall–Kier alpha value is -1.86. The van der Waals surface area contributed by atoms with Crippen molar-refractivity contribution in [1.82, 2.24) is 10.2 Å². The number of rotatable bonds is 7. The molecule has 2 aliphatic rings. The number of ether oxygens (including phenoxy) is 1. The molecule has 4 nitrogen and oxygen atoms in total. The van der Waals surface area contributed by atoms with Crippen molar-refractivity contribution in [2.75, 3.05) is 33.4 Å². The molecule has 1 aromatic carbocycles. The van der Waals surface area contributed by atoms with E-state index in [1.54, 1.807) is 6.07 Å². The van der Waals surface area contributed by atoms with Crippen molar-refractivity contribution >= 4 is 11.5 Å². The molecule has 0 spiro atoms. The number of benzene rings is 1. The normalized spacial score (nSPS) is 23.1. The van der Waals surface area contributed by atoms with E-state index in [0.717, 1.165) is 69.8 Å². The van der Waals surface area contributed by atoms with E-state index in [2.05, 4.69) is 16.3 Å². The summed E-state index contributed by atoms with van der Waals surface area (Å²) in [5, 5.41) is 3.03. The van der Waals surface area contributed by atoms with Crippen molar-refractivity contribution in [3.05, 3.63) is 41.5 Å². The first-order valence-corrected chi connectivity index (χ1v) is 10.7. The van der Waals surface area contributed by atoms with Crippen LogP contribution in [0.15, 0.2) is 30.3 Å². The standard InChI is InChI=1S/C23H31F3N2O2/c1-30-16-22(29)27-21-7-5-17(6-8-21)9-12-28-13-10-18(11-14-28)19-3-2-4-20(15-19)23(24,25)26/h2-4,10,15,17,21H,5-9,11-14,16H2,1H3,(H,27,29). The van der Waals surface area contributed by atoms with Gasteiger partial charge in [0.25, 0.3) is 0 Å². The molecule has 1 saturated carbocycles. The zero-order chi connectivity index (χ0) is 21.6. The second-order valence-electron chi connectivity index (χ2n) is 8.37. The zero-order valence-electron chi connectivity index (χ0n) is 17.5. The van der Waals surface area contributed by atoms with E-state index in [-0.39, 0.29) is 18.6 Å². The summed E-state index contributed by atoms with van der Waals surface area (Å²) in [5.74, 6) is 0.632. The summed E-state index contributed by atoms with van der Waals surface area (Å²) in [7, 11) is 1.52. The number of nitrogens with one attached hydrogen (secondary N) is 1. The van der Waals surface area contributed by atoms with E-state index < -0.39 is 11.7 Å². The summed E-state index contributed by atoms with van der Waals surface area (Å²) in [6, 6.07) is 5.89. The molecule has 0 bridgehead atoms. The minimum Gasteiger partial charge on any atom is -0.375 e. The van der Waals surface area contributed by atoms with Gasteiger partial charge in [-0.05, 0) is 74.3 Å². The minimum absolute atomic E-state index is 0.0439. The molecule has 1 amide bonds. The van der Waals surface area contributed by atoms with Crippen LogP contribution in [0.5, 0.6) is 0 Å². The maximum atomic E-state index is 12.9. The van der Waals surface area contributed by atoms with E-state index in [0.29, 0.717) is 11.5 Å². The number of carbonyl (C=O) groups excluding carboxylic acids is 1. The molecule has 166 valence electrons. The van der Waals surface area contributed by atoms with Gasteiger partial charge in [0.1, 0.15) is 6.61 Å². The van der Waals surface area contributed by atoms with Crippen molar-refractivity contribution in [1.29, 1.82) is 0 Å². The molecule has 0 unspecified atom stereocenters. The summed E-state index contributed by atoms with van der Waals surface area (Å²) >= 11 is 0. The van der Waals surface area contributed by atoms with Gasteiger partial charge < -0.3 is 10.1 Å². The van der Waals surface area contributed by atoms with Crippen LogP contribution in [0.25, 0.3) is 5.57 Å². The van der Waals surface area contributed by atoms with Crippen molar-refractivity contribution in [2.45, 2.75) is 50.7 Å². The Labute approximate surface area is 176 Å². The molecule has 1 heterocycles. The summed E-state index contributed by atoms with van der Waals surface area (Å²) in [5.41, 5.74) is 1.10. The highest BCUT2D eigenvalue weighted by atomic mass is 19.4. The van der Waals surface area contributed by atoms with Crippen molar-refractivity contribution in [2.24, 2.45) is 5.92 Å². The number of amides is 1. The molecular weight excluding hydrogens is 393 g/mol. The van der Waals surface area contributed by atoms with E-state index in [9.17, 15) is 18.0 Å². The van der Waals surface area contributed by atoms with Crippen LogP contribution in [0.4, 0.5) is 13.2 Å². The van der Waals surface area contributed by atoms with Gasteiger partial charge in [0.15, 0.2) is 0 Å². The molecule has 0 atom stereocenters. The predicted molar refractivity (Wildman–Crippen MR) is 111 cm³/mol. The quantitative estimate of drug-likeness (QED) is 0.701. The molecule has 1 fully saturated rings. The fraction of sp³-hybridized carbons (Fsp3) is 0.609. The lowest BCUT2D eigenvalue weighted by Gasteiger charge is -2.32. The number of carbonyl (C=O) groups is 1. The lowest BCUT2D eigenvalue weighted by Crippen LogP contribution is -2.39. The summed E-state index contributed by atoms with van der Waals surface area (Å²) in [6.45, 7) is 2.79. The van der Waals surface area contributed by atoms with Crippen LogP contribution in [0.1, 0.15) is 49.7 Å². The molecule has 30 heavy (non-hydrogen) atoms. The average molecular weight is 425 g/mol. The first kappa shape index (κ1) is 22.8. The summed E-state index contributed by atoms with van der Waals surface area (Å²) in [4.78, 5) is 14.0. The Morgan fingerprint density at radius 3 is 2.63 bits per heavy atom. The van der Waals surface area contributed by atoms with Crippen LogP contribution >= 0.6 is 0 Å². The molecule has 0 aromatic heterocycles. The molecule has 1 aliphatic heterocycles. The van der Waals surface area contributed by atoms with Gasteiger partial charge in [-0.3, -0.25) is 9.69 Å². The highest BCUT2D eigenvalue weighted by Crippen LogP contribution is 2.32. The fourth-order valence-corrected chi connectivity index (χ4v) is 4.43. The fourth-order valence-electron chi connectivity index (χ4n) is 4.43. The van der Waals surface area contributed by atoms with Crippen LogP contribution < -0.4 is 5.32 Å². The van der Waals surface area contributed by atoms with Gasteiger partial charge in [0.05, 0.1) is 5.56 Å². The third-order valence-electron chi connectivity index (χ3n) is 6.19. The third-order valence-corrected chi connectivity index (χ3v) is 6.19. The van der Waals surface area contributed by atoms with Crippen LogP contribution in [0.2, 0.25) is 0 Å². The number of halogens is 3. The first-order chi connectivity index (χ1) is 14.3. The van der Waals surface area contributed by atoms with Crippen LogP contribution in [-0.2, 0) is 15.7 Å². The van der Waals surface area contributed by atoms with Gasteiger partial charge in [-0.15, -0.1) is 0 Å². The van der Waals surface area contributed by atoms with E-state index in [1.165, 1.54) is 19.2 Å². The zero-order valence-corrected chi connectivity index (χ0v) is 17.5. The summed E-state index contributed by atoms with van der Waals surface area (Å²) < 4.78 is 43.7. The van der Waals surface area contributed by atoms with Gasteiger partial charge in [0.2, 0.25) is 5.91 Å². The van der Waals surface area contributed by atoms with Crippen molar-refractivity contribution in [3.63, 3.8) is 0 Å². The summed E-state index contributed by atoms with van der Waals surface area (Å²) in [6.07, 6.45) is 3.95. The van der Waals surface area contributed by atoms with E-state index >= 15 is 0 Å². The second-order valence-corrected chi connectivity index (χ2v) is 8.37. The van der Waals surface area contributed by atoms with Crippen LogP contribution in [0, 0.1) is 5.92 Å². The first-order valence-electron chi connectivity index (χ1n) is 10.7. The smallest absolute Gasteiger partial charge is 0.375 e. The van der Waals surface area contributed by atoms with E-state index in [4.69, 9.17) is 4.74 Å². The molecule has 1 aliphatic carbocycles. The largest absolute Gasteiger partial charge is 0.416 e. The Morgan fingerprint density at radius 2 is 2.00 bits per heavy atom. The molecule has 3 rings (SSSR count). The van der Waals surface area contributed by atoms with Crippen LogP contribution in [-0.4, -0.2) is 50.2 Å². The lowest BCUT2D eigenvalue weighted by atomic mass is 9.84. The number of alkyl halides is 3. The predicted octanol–water partition coefficient (Wildman–Crippen LogP) is 4.51. The molecule has 1 aromatic rings. The van der Waals surface area contributed by atoms with Crippen molar-refractivity contribution in [3.8, 4) is 0 Å².